The Kier molecular flexibility index (Phi) is 3.14. The predicted octanol–water partition coefficient (Wildman–Crippen LogP) is 1.06. The molecule has 1 heterocycles. The lowest BCUT2D eigenvalue weighted by Crippen LogP contribution is -2.42. The molecule has 0 spiro atoms. The molecule has 1 aliphatic heterocycles. The van der Waals surface area contributed by atoms with Gasteiger partial charge in [-0.1, -0.05) is 18.2 Å². The van der Waals surface area contributed by atoms with Gasteiger partial charge in [-0.25, -0.2) is 8.42 Å². The highest BCUT2D eigenvalue weighted by molar-refractivity contribution is 7.91. The van der Waals surface area contributed by atoms with E-state index in [1.165, 1.54) is 0 Å². The summed E-state index contributed by atoms with van der Waals surface area (Å²) in [6.07, 6.45) is 0.628. The number of phenols is 1. The highest BCUT2D eigenvalue weighted by Crippen LogP contribution is 2.24. The number of sulfone groups is 1. The SMILES string of the molecule is CC1(NCc2ccccc2O)CCS(=O)(=O)C1. The van der Waals surface area contributed by atoms with Gasteiger partial charge in [0.1, 0.15) is 5.75 Å². The minimum absolute atomic E-state index is 0.174. The Balaban J connectivity index is 2.02. The summed E-state index contributed by atoms with van der Waals surface area (Å²) in [5, 5.41) is 12.8. The highest BCUT2D eigenvalue weighted by atomic mass is 32.2. The summed E-state index contributed by atoms with van der Waals surface area (Å²) in [5.74, 6) is 0.662. The molecule has 0 aromatic heterocycles. The van der Waals surface area contributed by atoms with Gasteiger partial charge in [0.15, 0.2) is 9.84 Å². The Labute approximate surface area is 102 Å². The van der Waals surface area contributed by atoms with Gasteiger partial charge in [0.05, 0.1) is 11.5 Å². The Bertz CT molecular complexity index is 512. The van der Waals surface area contributed by atoms with Gasteiger partial charge in [-0.2, -0.15) is 0 Å². The summed E-state index contributed by atoms with van der Waals surface area (Å²) in [6, 6.07) is 7.07. The van der Waals surface area contributed by atoms with E-state index in [4.69, 9.17) is 0 Å². The van der Waals surface area contributed by atoms with Crippen LogP contribution in [-0.4, -0.2) is 30.6 Å². The van der Waals surface area contributed by atoms with Gasteiger partial charge < -0.3 is 10.4 Å². The van der Waals surface area contributed by atoms with Crippen molar-refractivity contribution in [2.24, 2.45) is 0 Å². The van der Waals surface area contributed by atoms with Crippen LogP contribution in [0.1, 0.15) is 18.9 Å². The van der Waals surface area contributed by atoms with Crippen molar-refractivity contribution < 1.29 is 13.5 Å². The van der Waals surface area contributed by atoms with Gasteiger partial charge >= 0.3 is 0 Å². The molecule has 1 aromatic rings. The van der Waals surface area contributed by atoms with E-state index < -0.39 is 9.84 Å². The first-order valence-electron chi connectivity index (χ1n) is 5.63. The molecule has 0 bridgehead atoms. The van der Waals surface area contributed by atoms with Crippen molar-refractivity contribution in [3.8, 4) is 5.75 Å². The summed E-state index contributed by atoms with van der Waals surface area (Å²) >= 11 is 0. The Morgan fingerprint density at radius 2 is 2.12 bits per heavy atom. The monoisotopic (exact) mass is 255 g/mol. The number of hydrogen-bond donors (Lipinski definition) is 2. The third kappa shape index (κ3) is 2.98. The minimum atomic E-state index is -2.89. The molecule has 0 aliphatic carbocycles. The van der Waals surface area contributed by atoms with Crippen molar-refractivity contribution in [2.45, 2.75) is 25.4 Å². The van der Waals surface area contributed by atoms with E-state index in [0.29, 0.717) is 13.0 Å². The van der Waals surface area contributed by atoms with Crippen LogP contribution in [-0.2, 0) is 16.4 Å². The van der Waals surface area contributed by atoms with Gasteiger partial charge in [-0.05, 0) is 19.4 Å². The first-order valence-corrected chi connectivity index (χ1v) is 7.45. The van der Waals surface area contributed by atoms with Crippen LogP contribution in [0.2, 0.25) is 0 Å². The number of benzene rings is 1. The Morgan fingerprint density at radius 3 is 2.71 bits per heavy atom. The van der Waals surface area contributed by atoms with Crippen molar-refractivity contribution in [1.82, 2.24) is 5.32 Å². The molecule has 0 amide bonds. The van der Waals surface area contributed by atoms with Crippen molar-refractivity contribution >= 4 is 9.84 Å². The van der Waals surface area contributed by atoms with Crippen LogP contribution in [0, 0.1) is 0 Å². The number of phenolic OH excluding ortho intramolecular Hbond substituents is 1. The maximum atomic E-state index is 11.4. The summed E-state index contributed by atoms with van der Waals surface area (Å²) in [5.41, 5.74) is 0.416. The van der Waals surface area contributed by atoms with Crippen LogP contribution < -0.4 is 5.32 Å². The van der Waals surface area contributed by atoms with E-state index in [0.717, 1.165) is 5.56 Å². The van der Waals surface area contributed by atoms with Gasteiger partial charge in [-0.3, -0.25) is 0 Å². The van der Waals surface area contributed by atoms with Crippen LogP contribution in [0.4, 0.5) is 0 Å². The lowest BCUT2D eigenvalue weighted by atomic mass is 10.0. The van der Waals surface area contributed by atoms with Gasteiger partial charge in [0.25, 0.3) is 0 Å². The zero-order chi connectivity index (χ0) is 12.5. The molecule has 2 rings (SSSR count). The number of para-hydroxylation sites is 1. The molecule has 1 saturated heterocycles. The van der Waals surface area contributed by atoms with Gasteiger partial charge in [-0.15, -0.1) is 0 Å². The van der Waals surface area contributed by atoms with Crippen LogP contribution in [0.25, 0.3) is 0 Å². The molecular formula is C12H17NO3S. The zero-order valence-corrected chi connectivity index (χ0v) is 10.6. The molecule has 17 heavy (non-hydrogen) atoms. The largest absolute Gasteiger partial charge is 0.508 e. The molecule has 0 radical (unpaired) electrons. The fourth-order valence-electron chi connectivity index (χ4n) is 2.12. The van der Waals surface area contributed by atoms with Crippen LogP contribution in [0.3, 0.4) is 0 Å². The fraction of sp³-hybridized carbons (Fsp3) is 0.500. The number of hydrogen-bond acceptors (Lipinski definition) is 4. The van der Waals surface area contributed by atoms with E-state index >= 15 is 0 Å². The maximum absolute atomic E-state index is 11.4. The van der Waals surface area contributed by atoms with Crippen molar-refractivity contribution in [3.05, 3.63) is 29.8 Å². The van der Waals surface area contributed by atoms with E-state index in [1.807, 2.05) is 19.1 Å². The first-order chi connectivity index (χ1) is 7.90. The van der Waals surface area contributed by atoms with Crippen LogP contribution in [0.15, 0.2) is 24.3 Å². The molecule has 2 N–H and O–H groups in total. The Hall–Kier alpha value is -1.07. The average Bonchev–Trinajstić information content (AvgIpc) is 2.53. The average molecular weight is 255 g/mol. The zero-order valence-electron chi connectivity index (χ0n) is 9.81. The summed E-state index contributed by atoms with van der Waals surface area (Å²) < 4.78 is 22.9. The van der Waals surface area contributed by atoms with E-state index in [1.54, 1.807) is 12.1 Å². The van der Waals surface area contributed by atoms with Crippen LogP contribution >= 0.6 is 0 Å². The van der Waals surface area contributed by atoms with Crippen molar-refractivity contribution in [3.63, 3.8) is 0 Å². The highest BCUT2D eigenvalue weighted by Gasteiger charge is 2.37. The summed E-state index contributed by atoms with van der Waals surface area (Å²) in [7, 11) is -2.89. The second-order valence-corrected chi connectivity index (χ2v) is 7.07. The summed E-state index contributed by atoms with van der Waals surface area (Å²) in [4.78, 5) is 0. The number of rotatable bonds is 3. The quantitative estimate of drug-likeness (QED) is 0.847. The smallest absolute Gasteiger partial charge is 0.152 e. The van der Waals surface area contributed by atoms with E-state index in [9.17, 15) is 13.5 Å². The maximum Gasteiger partial charge on any atom is 0.152 e. The second kappa shape index (κ2) is 4.31. The topological polar surface area (TPSA) is 66.4 Å². The fourth-order valence-corrected chi connectivity index (χ4v) is 4.24. The number of nitrogens with one attached hydrogen (secondary N) is 1. The molecule has 0 saturated carbocycles. The Morgan fingerprint density at radius 1 is 1.41 bits per heavy atom. The van der Waals surface area contributed by atoms with Gasteiger partial charge in [0.2, 0.25) is 0 Å². The lowest BCUT2D eigenvalue weighted by Gasteiger charge is -2.24. The van der Waals surface area contributed by atoms with Crippen LogP contribution in [0.5, 0.6) is 5.75 Å². The molecule has 5 heteroatoms. The molecule has 94 valence electrons. The minimum Gasteiger partial charge on any atom is -0.508 e. The molecule has 1 atom stereocenters. The van der Waals surface area contributed by atoms with Crippen molar-refractivity contribution in [2.75, 3.05) is 11.5 Å². The van der Waals surface area contributed by atoms with Gasteiger partial charge in [0, 0.05) is 17.6 Å². The molecule has 1 unspecified atom stereocenters. The van der Waals surface area contributed by atoms with Crippen molar-refractivity contribution in [1.29, 1.82) is 0 Å². The third-order valence-electron chi connectivity index (χ3n) is 3.20. The lowest BCUT2D eigenvalue weighted by molar-refractivity contribution is 0.388. The molecular weight excluding hydrogens is 238 g/mol. The second-order valence-electron chi connectivity index (χ2n) is 4.88. The third-order valence-corrected chi connectivity index (χ3v) is 5.10. The summed E-state index contributed by atoms with van der Waals surface area (Å²) in [6.45, 7) is 2.40. The van der Waals surface area contributed by atoms with E-state index in [-0.39, 0.29) is 22.8 Å². The molecule has 1 aromatic carbocycles. The standard InChI is InChI=1S/C12H17NO3S/c1-12(6-7-17(15,16)9-12)13-8-10-4-2-3-5-11(10)14/h2-5,13-14H,6-9H2,1H3. The van der Waals surface area contributed by atoms with E-state index in [2.05, 4.69) is 5.32 Å². The molecule has 1 aliphatic rings. The molecule has 4 nitrogen and oxygen atoms in total. The normalized spacial score (nSPS) is 27.1. The first kappa shape index (κ1) is 12.4. The predicted molar refractivity (Wildman–Crippen MR) is 66.6 cm³/mol. The molecule has 1 fully saturated rings. The number of aromatic hydroxyl groups is 1.